The SMILES string of the molecule is Cn1cc(CCC2(CBr)CC3CCC2C3)cn1. The Morgan fingerprint density at radius 1 is 1.53 bits per heavy atom. The van der Waals surface area contributed by atoms with Gasteiger partial charge in [0.15, 0.2) is 0 Å². The van der Waals surface area contributed by atoms with Crippen molar-refractivity contribution in [2.75, 3.05) is 5.33 Å². The molecule has 17 heavy (non-hydrogen) atoms. The standard InChI is InChI=1S/C14H21BrN2/c1-17-9-12(8-16-17)4-5-14(10-15)7-11-2-3-13(14)6-11/h8-9,11,13H,2-7,10H2,1H3. The van der Waals surface area contributed by atoms with Crippen molar-refractivity contribution >= 4 is 15.9 Å². The Hall–Kier alpha value is -0.310. The summed E-state index contributed by atoms with van der Waals surface area (Å²) in [6, 6.07) is 0. The zero-order valence-corrected chi connectivity index (χ0v) is 12.1. The first-order valence-electron chi connectivity index (χ1n) is 6.75. The Morgan fingerprint density at radius 3 is 2.94 bits per heavy atom. The van der Waals surface area contributed by atoms with Gasteiger partial charge >= 0.3 is 0 Å². The van der Waals surface area contributed by atoms with Gasteiger partial charge in [-0.3, -0.25) is 4.68 Å². The number of alkyl halides is 1. The summed E-state index contributed by atoms with van der Waals surface area (Å²) in [6.07, 6.45) is 12.6. The Labute approximate surface area is 112 Å². The van der Waals surface area contributed by atoms with Crippen LogP contribution in [0, 0.1) is 17.3 Å². The molecule has 0 radical (unpaired) electrons. The van der Waals surface area contributed by atoms with Crippen LogP contribution in [-0.4, -0.2) is 15.1 Å². The van der Waals surface area contributed by atoms with Crippen molar-refractivity contribution in [3.8, 4) is 0 Å². The zero-order chi connectivity index (χ0) is 11.9. The molecule has 3 rings (SSSR count). The van der Waals surface area contributed by atoms with Crippen molar-refractivity contribution in [3.63, 3.8) is 0 Å². The van der Waals surface area contributed by atoms with Crippen molar-refractivity contribution < 1.29 is 0 Å². The van der Waals surface area contributed by atoms with Crippen molar-refractivity contribution in [1.82, 2.24) is 9.78 Å². The van der Waals surface area contributed by atoms with Crippen molar-refractivity contribution in [2.24, 2.45) is 24.3 Å². The van der Waals surface area contributed by atoms with E-state index in [0.29, 0.717) is 5.41 Å². The van der Waals surface area contributed by atoms with Crippen LogP contribution < -0.4 is 0 Å². The van der Waals surface area contributed by atoms with Gasteiger partial charge in [0.05, 0.1) is 6.20 Å². The maximum Gasteiger partial charge on any atom is 0.0521 e. The van der Waals surface area contributed by atoms with Gasteiger partial charge in [-0.25, -0.2) is 0 Å². The second-order valence-electron chi connectivity index (χ2n) is 6.10. The largest absolute Gasteiger partial charge is 0.276 e. The van der Waals surface area contributed by atoms with E-state index in [0.717, 1.165) is 11.8 Å². The van der Waals surface area contributed by atoms with Crippen LogP contribution in [0.5, 0.6) is 0 Å². The van der Waals surface area contributed by atoms with Crippen LogP contribution in [0.4, 0.5) is 0 Å². The Kier molecular flexibility index (Phi) is 3.06. The summed E-state index contributed by atoms with van der Waals surface area (Å²) in [6.45, 7) is 0. The summed E-state index contributed by atoms with van der Waals surface area (Å²) in [5, 5.41) is 5.46. The maximum atomic E-state index is 4.26. The number of rotatable bonds is 4. The lowest BCUT2D eigenvalue weighted by Crippen LogP contribution is -2.30. The van der Waals surface area contributed by atoms with Crippen LogP contribution in [-0.2, 0) is 13.5 Å². The molecule has 2 saturated carbocycles. The third-order valence-corrected chi connectivity index (χ3v) is 6.16. The summed E-state index contributed by atoms with van der Waals surface area (Å²) < 4.78 is 1.91. The Balaban J connectivity index is 1.67. The number of hydrogen-bond acceptors (Lipinski definition) is 1. The second-order valence-corrected chi connectivity index (χ2v) is 6.66. The normalized spacial score (nSPS) is 35.6. The Bertz CT molecular complexity index is 401. The van der Waals surface area contributed by atoms with Gasteiger partial charge in [0, 0.05) is 18.6 Å². The van der Waals surface area contributed by atoms with E-state index in [4.69, 9.17) is 0 Å². The first-order chi connectivity index (χ1) is 8.22. The van der Waals surface area contributed by atoms with Gasteiger partial charge < -0.3 is 0 Å². The fourth-order valence-corrected chi connectivity index (χ4v) is 5.06. The number of halogens is 1. The van der Waals surface area contributed by atoms with Gasteiger partial charge in [-0.2, -0.15) is 5.10 Å². The number of nitrogens with zero attached hydrogens (tertiary/aromatic N) is 2. The quantitative estimate of drug-likeness (QED) is 0.777. The van der Waals surface area contributed by atoms with Crippen LogP contribution in [0.25, 0.3) is 0 Å². The zero-order valence-electron chi connectivity index (χ0n) is 10.5. The monoisotopic (exact) mass is 296 g/mol. The second kappa shape index (κ2) is 4.42. The van der Waals surface area contributed by atoms with Crippen molar-refractivity contribution in [1.29, 1.82) is 0 Å². The van der Waals surface area contributed by atoms with E-state index < -0.39 is 0 Å². The van der Waals surface area contributed by atoms with E-state index in [2.05, 4.69) is 27.2 Å². The Morgan fingerprint density at radius 2 is 2.41 bits per heavy atom. The maximum absolute atomic E-state index is 4.26. The molecular formula is C14H21BrN2. The number of aromatic nitrogens is 2. The first-order valence-corrected chi connectivity index (χ1v) is 7.87. The molecule has 1 aromatic heterocycles. The van der Waals surface area contributed by atoms with Gasteiger partial charge in [-0.1, -0.05) is 22.4 Å². The molecule has 3 heteroatoms. The van der Waals surface area contributed by atoms with Crippen LogP contribution in [0.1, 0.15) is 37.7 Å². The number of aryl methyl sites for hydroxylation is 2. The van der Waals surface area contributed by atoms with Crippen molar-refractivity contribution in [2.45, 2.75) is 38.5 Å². The highest BCUT2D eigenvalue weighted by molar-refractivity contribution is 9.09. The summed E-state index contributed by atoms with van der Waals surface area (Å²) in [5.41, 5.74) is 1.99. The predicted octanol–water partition coefficient (Wildman–Crippen LogP) is 3.55. The first kappa shape index (κ1) is 11.8. The summed E-state index contributed by atoms with van der Waals surface area (Å²) in [4.78, 5) is 0. The summed E-state index contributed by atoms with van der Waals surface area (Å²) >= 11 is 3.79. The van der Waals surface area contributed by atoms with E-state index in [1.54, 1.807) is 0 Å². The third-order valence-electron chi connectivity index (χ3n) is 5.04. The highest BCUT2D eigenvalue weighted by Gasteiger charge is 2.49. The van der Waals surface area contributed by atoms with Crippen molar-refractivity contribution in [3.05, 3.63) is 18.0 Å². The predicted molar refractivity (Wildman–Crippen MR) is 73.2 cm³/mol. The molecule has 0 aromatic carbocycles. The average Bonchev–Trinajstić information content (AvgIpc) is 3.01. The summed E-state index contributed by atoms with van der Waals surface area (Å²) in [5.74, 6) is 2.02. The van der Waals surface area contributed by atoms with Gasteiger partial charge in [0.25, 0.3) is 0 Å². The van der Waals surface area contributed by atoms with E-state index in [1.165, 1.54) is 49.4 Å². The van der Waals surface area contributed by atoms with Gasteiger partial charge in [0.2, 0.25) is 0 Å². The lowest BCUT2D eigenvalue weighted by molar-refractivity contribution is 0.182. The molecule has 1 aromatic rings. The van der Waals surface area contributed by atoms with E-state index in [1.807, 2.05) is 17.9 Å². The summed E-state index contributed by atoms with van der Waals surface area (Å²) in [7, 11) is 2.00. The number of hydrogen-bond donors (Lipinski definition) is 0. The van der Waals surface area contributed by atoms with E-state index >= 15 is 0 Å². The molecule has 2 fully saturated rings. The highest BCUT2D eigenvalue weighted by atomic mass is 79.9. The van der Waals surface area contributed by atoms with Gasteiger partial charge in [-0.05, 0) is 54.9 Å². The molecule has 2 nitrogen and oxygen atoms in total. The molecule has 3 atom stereocenters. The molecule has 2 bridgehead atoms. The minimum absolute atomic E-state index is 0.596. The van der Waals surface area contributed by atoms with Gasteiger partial charge in [0.1, 0.15) is 0 Å². The smallest absolute Gasteiger partial charge is 0.0521 e. The highest BCUT2D eigenvalue weighted by Crippen LogP contribution is 2.58. The molecule has 0 spiro atoms. The van der Waals surface area contributed by atoms with Crippen LogP contribution in [0.2, 0.25) is 0 Å². The molecule has 1 heterocycles. The van der Waals surface area contributed by atoms with E-state index in [9.17, 15) is 0 Å². The fourth-order valence-electron chi connectivity index (χ4n) is 4.09. The molecule has 0 amide bonds. The topological polar surface area (TPSA) is 17.8 Å². The molecule has 2 aliphatic rings. The minimum Gasteiger partial charge on any atom is -0.276 e. The minimum atomic E-state index is 0.596. The molecule has 3 unspecified atom stereocenters. The third kappa shape index (κ3) is 2.07. The van der Waals surface area contributed by atoms with E-state index in [-0.39, 0.29) is 0 Å². The molecule has 2 aliphatic carbocycles. The molecule has 0 saturated heterocycles. The molecule has 0 N–H and O–H groups in total. The van der Waals surface area contributed by atoms with Crippen LogP contribution >= 0.6 is 15.9 Å². The van der Waals surface area contributed by atoms with Gasteiger partial charge in [-0.15, -0.1) is 0 Å². The van der Waals surface area contributed by atoms with Crippen LogP contribution in [0.3, 0.4) is 0 Å². The van der Waals surface area contributed by atoms with Crippen LogP contribution in [0.15, 0.2) is 12.4 Å². The molecule has 0 aliphatic heterocycles. The lowest BCUT2D eigenvalue weighted by Gasteiger charge is -2.36. The lowest BCUT2D eigenvalue weighted by atomic mass is 9.71. The molecular weight excluding hydrogens is 276 g/mol. The average molecular weight is 297 g/mol. The number of fused-ring (bicyclic) bond motifs is 2. The molecule has 94 valence electrons. The fraction of sp³-hybridized carbons (Fsp3) is 0.786.